The highest BCUT2D eigenvalue weighted by molar-refractivity contribution is 6.27. The summed E-state index contributed by atoms with van der Waals surface area (Å²) in [6, 6.07) is 9.94. The van der Waals surface area contributed by atoms with E-state index in [1.165, 1.54) is 36.4 Å². The van der Waals surface area contributed by atoms with Crippen LogP contribution in [-0.4, -0.2) is 176 Å². The SMILES string of the molecule is C[C@@H]1CC[C@@]2(OC1)OC1C[C@H]3[C@@H]4CC[C@H]5C[C@@H](O[C@@H]6O[C@H](COC(=O)CCl)[C@@H](O[C@@H]7O[C@H](COC(=O)Nc8ccccc8F)[C@@H](OC(=O)Nc8ccccc8F)[C@H](OC(=O)CCl)[C@H]7OC(=O)CCl)[C@H](OC(=O)CCl)[C@H]6OC(=O)CCl)CC[C@]5(C)[C@H]4CC(=O)[C@]3(C)C1[C@@H]2C. The number of hydrogen-bond donors (Lipinski definition) is 2. The fourth-order valence-corrected chi connectivity index (χ4v) is 16.4. The van der Waals surface area contributed by atoms with Crippen molar-refractivity contribution in [2.24, 2.45) is 52.3 Å². The second-order valence-electron chi connectivity index (χ2n) is 25.6. The average Bonchev–Trinajstić information content (AvgIpc) is 1.55. The Hall–Kier alpha value is -4.93. The molecule has 2 amide bonds. The minimum Gasteiger partial charge on any atom is -0.462 e. The number of Topliss-reactive ketones (excluding diaryl/α,β-unsaturated/α-hetero) is 1. The van der Waals surface area contributed by atoms with Gasteiger partial charge in [-0.15, -0.1) is 58.0 Å². The number of halogens is 7. The number of esters is 5. The molecule has 2 unspecified atom stereocenters. The molecule has 0 radical (unpaired) electrons. The van der Waals surface area contributed by atoms with E-state index in [-0.39, 0.29) is 58.5 Å². The quantitative estimate of drug-likeness (QED) is 0.0540. The van der Waals surface area contributed by atoms with Crippen molar-refractivity contribution in [1.82, 2.24) is 0 Å². The molecule has 2 N–H and O–H groups in total. The second-order valence-corrected chi connectivity index (χ2v) is 26.9. The van der Waals surface area contributed by atoms with E-state index in [0.717, 1.165) is 44.2 Å². The molecule has 93 heavy (non-hydrogen) atoms. The number of anilines is 2. The van der Waals surface area contributed by atoms with Crippen molar-refractivity contribution in [3.05, 3.63) is 60.2 Å². The van der Waals surface area contributed by atoms with Crippen molar-refractivity contribution in [2.45, 2.75) is 165 Å². The van der Waals surface area contributed by atoms with Gasteiger partial charge in [0.1, 0.15) is 78.3 Å². The molecular formula is C63H75Cl5F2N2O21. The molecule has 30 heteroatoms. The number of alkyl halides is 5. The number of hydrogen-bond acceptors (Lipinski definition) is 21. The van der Waals surface area contributed by atoms with Crippen LogP contribution in [0.15, 0.2) is 48.5 Å². The lowest BCUT2D eigenvalue weighted by molar-refractivity contribution is -0.364. The third-order valence-corrected chi connectivity index (χ3v) is 21.5. The van der Waals surface area contributed by atoms with Crippen molar-refractivity contribution in [3.63, 3.8) is 0 Å². The molecule has 4 aliphatic carbocycles. The zero-order valence-corrected chi connectivity index (χ0v) is 55.1. The molecule has 22 atom stereocenters. The monoisotopic (exact) mass is 1410 g/mol. The molecule has 512 valence electrons. The van der Waals surface area contributed by atoms with E-state index < -0.39 is 181 Å². The first-order valence-electron chi connectivity index (χ1n) is 31.1. The number of ether oxygens (including phenoxy) is 13. The molecule has 4 saturated heterocycles. The standard InChI is InChI=1S/C63H75Cl5F2N2O21/c1-30-15-18-63(83-27-30)31(2)50-41(93-63)20-36-34-14-13-32-19-33(16-17-61(32,3)35(34)21-44(73)62(36,50)4)84-57-55(89-48(77)25-67)53(87-46(75)23-65)51(42(85-57)28-81-45(74)22-64)91-58-56(90-49(78)26-68)54(88-47(76)24-66)52(92-60(80)72-40-12-8-6-10-38(40)70)43(86-58)29-82-59(79)71-39-11-7-5-9-37(39)69/h5-12,30-36,41-43,50-58H,13-29H2,1-4H3,(H,71,79)(H,72,80)/t30-,31+,32+,33+,34-,35+,36+,41?,42-,43-,50?,51-,52-,53+,54+,55-,56-,57-,58+,61+,62-,63-/m1/s1. The molecule has 2 aromatic carbocycles. The van der Waals surface area contributed by atoms with Gasteiger partial charge in [-0.25, -0.2) is 18.4 Å². The number of para-hydroxylation sites is 2. The summed E-state index contributed by atoms with van der Waals surface area (Å²) in [4.78, 5) is 109. The first-order valence-corrected chi connectivity index (χ1v) is 33.8. The van der Waals surface area contributed by atoms with Gasteiger partial charge in [0.2, 0.25) is 0 Å². The summed E-state index contributed by atoms with van der Waals surface area (Å²) in [6.45, 7) is 7.62. The minimum absolute atomic E-state index is 0.0262. The van der Waals surface area contributed by atoms with E-state index >= 15 is 0 Å². The van der Waals surface area contributed by atoms with Gasteiger partial charge in [0, 0.05) is 30.1 Å². The Morgan fingerprint density at radius 1 is 0.591 bits per heavy atom. The molecular weight excluding hydrogens is 1340 g/mol. The predicted octanol–water partition coefficient (Wildman–Crippen LogP) is 9.36. The predicted molar refractivity (Wildman–Crippen MR) is 325 cm³/mol. The fraction of sp³-hybridized carbons (Fsp3) is 0.683. The van der Waals surface area contributed by atoms with Crippen molar-refractivity contribution in [2.75, 3.05) is 59.9 Å². The van der Waals surface area contributed by atoms with Crippen LogP contribution in [0.25, 0.3) is 0 Å². The van der Waals surface area contributed by atoms with E-state index in [1.54, 1.807) is 0 Å². The van der Waals surface area contributed by atoms with Crippen LogP contribution in [0, 0.1) is 63.9 Å². The summed E-state index contributed by atoms with van der Waals surface area (Å²) in [5, 5.41) is 4.41. The Bertz CT molecular complexity index is 3080. The number of nitrogens with one attached hydrogen (secondary N) is 2. The molecule has 4 heterocycles. The van der Waals surface area contributed by atoms with Crippen LogP contribution < -0.4 is 10.6 Å². The molecule has 8 aliphatic rings. The van der Waals surface area contributed by atoms with E-state index in [4.69, 9.17) is 120 Å². The summed E-state index contributed by atoms with van der Waals surface area (Å²) in [5.41, 5.74) is -1.60. The molecule has 8 fully saturated rings. The van der Waals surface area contributed by atoms with Crippen molar-refractivity contribution < 1.29 is 109 Å². The van der Waals surface area contributed by atoms with E-state index in [0.29, 0.717) is 38.2 Å². The van der Waals surface area contributed by atoms with Crippen LogP contribution in [0.3, 0.4) is 0 Å². The Kier molecular flexibility index (Phi) is 23.0. The number of fused-ring (bicyclic) bond motifs is 7. The second kappa shape index (κ2) is 30.2. The van der Waals surface area contributed by atoms with Gasteiger partial charge in [-0.1, -0.05) is 52.0 Å². The smallest absolute Gasteiger partial charge is 0.412 e. The van der Waals surface area contributed by atoms with Gasteiger partial charge in [0.15, 0.2) is 48.9 Å². The largest absolute Gasteiger partial charge is 0.462 e. The van der Waals surface area contributed by atoms with E-state index in [1.807, 2.05) is 0 Å². The van der Waals surface area contributed by atoms with Crippen LogP contribution >= 0.6 is 58.0 Å². The Morgan fingerprint density at radius 2 is 1.13 bits per heavy atom. The molecule has 4 saturated carbocycles. The van der Waals surface area contributed by atoms with Crippen LogP contribution in [0.4, 0.5) is 29.7 Å². The molecule has 23 nitrogen and oxygen atoms in total. The lowest BCUT2D eigenvalue weighted by Crippen LogP contribution is -2.68. The first-order chi connectivity index (χ1) is 44.5. The number of benzene rings is 2. The molecule has 2 aromatic rings. The van der Waals surface area contributed by atoms with Gasteiger partial charge < -0.3 is 61.6 Å². The van der Waals surface area contributed by atoms with Gasteiger partial charge in [-0.05, 0) is 104 Å². The maximum absolute atomic E-state index is 15.0. The van der Waals surface area contributed by atoms with Crippen molar-refractivity contribution in [1.29, 1.82) is 0 Å². The zero-order chi connectivity index (χ0) is 66.7. The number of amides is 2. The molecule has 4 aliphatic heterocycles. The highest BCUT2D eigenvalue weighted by Gasteiger charge is 2.72. The summed E-state index contributed by atoms with van der Waals surface area (Å²) in [5.74, 6) is -10.9. The number of rotatable bonds is 20. The van der Waals surface area contributed by atoms with E-state index in [9.17, 15) is 47.1 Å². The normalized spacial score (nSPS) is 37.5. The fourth-order valence-electron chi connectivity index (χ4n) is 16.1. The number of ketones is 1. The lowest BCUT2D eigenvalue weighted by atomic mass is 9.44. The topological polar surface area (TPSA) is 281 Å². The molecule has 0 bridgehead atoms. The van der Waals surface area contributed by atoms with E-state index in [2.05, 4.69) is 38.3 Å². The number of carbonyl (C=O) groups excluding carboxylic acids is 8. The highest BCUT2D eigenvalue weighted by atomic mass is 35.5. The third kappa shape index (κ3) is 15.0. The van der Waals surface area contributed by atoms with Gasteiger partial charge in [-0.3, -0.25) is 39.4 Å². The van der Waals surface area contributed by atoms with Crippen molar-refractivity contribution in [3.8, 4) is 0 Å². The van der Waals surface area contributed by atoms with Crippen LogP contribution in [0.2, 0.25) is 0 Å². The highest BCUT2D eigenvalue weighted by Crippen LogP contribution is 2.70. The average molecular weight is 1410 g/mol. The Morgan fingerprint density at radius 3 is 1.70 bits per heavy atom. The maximum Gasteiger partial charge on any atom is 0.412 e. The lowest BCUT2D eigenvalue weighted by Gasteiger charge is -2.60. The van der Waals surface area contributed by atoms with Gasteiger partial charge in [0.25, 0.3) is 0 Å². The summed E-state index contributed by atoms with van der Waals surface area (Å²) in [6.07, 6.45) is -16.9. The molecule has 1 spiro atoms. The van der Waals surface area contributed by atoms with Gasteiger partial charge >= 0.3 is 42.0 Å². The zero-order valence-electron chi connectivity index (χ0n) is 51.3. The van der Waals surface area contributed by atoms with Crippen LogP contribution in [0.5, 0.6) is 0 Å². The summed E-state index contributed by atoms with van der Waals surface area (Å²) >= 11 is 30.1. The summed E-state index contributed by atoms with van der Waals surface area (Å²) in [7, 11) is 0. The Labute approximate surface area is 560 Å². The third-order valence-electron chi connectivity index (χ3n) is 20.4. The Balaban J connectivity index is 0.950. The number of carbonyl (C=O) groups is 8. The van der Waals surface area contributed by atoms with Crippen LogP contribution in [-0.2, 0) is 90.3 Å². The molecule has 10 rings (SSSR count). The molecule has 0 aromatic heterocycles. The van der Waals surface area contributed by atoms with Gasteiger partial charge in [-0.2, -0.15) is 0 Å². The van der Waals surface area contributed by atoms with Gasteiger partial charge in [0.05, 0.1) is 30.2 Å². The van der Waals surface area contributed by atoms with Crippen LogP contribution in [0.1, 0.15) is 85.5 Å². The minimum atomic E-state index is -2.22. The first kappa shape index (κ1) is 70.9. The van der Waals surface area contributed by atoms with Crippen molar-refractivity contribution >= 4 is 117 Å². The maximum atomic E-state index is 15.0. The summed E-state index contributed by atoms with van der Waals surface area (Å²) < 4.78 is 110.